The number of methoxy groups -OCH3 is 1. The lowest BCUT2D eigenvalue weighted by molar-refractivity contribution is -0.144. The molecule has 1 saturated carbocycles. The van der Waals surface area contributed by atoms with Gasteiger partial charge in [-0.05, 0) is 74.7 Å². The Labute approximate surface area is 241 Å². The lowest BCUT2D eigenvalue weighted by Gasteiger charge is -2.34. The van der Waals surface area contributed by atoms with E-state index in [1.165, 1.54) is 0 Å². The zero-order chi connectivity index (χ0) is 29.0. The second-order valence-corrected chi connectivity index (χ2v) is 11.4. The van der Waals surface area contributed by atoms with E-state index < -0.39 is 18.1 Å². The number of rotatable bonds is 12. The van der Waals surface area contributed by atoms with E-state index in [4.69, 9.17) is 4.74 Å². The quantitative estimate of drug-likeness (QED) is 0.391. The maximum atomic E-state index is 14.2. The van der Waals surface area contributed by atoms with Crippen LogP contribution in [0.25, 0.3) is 0 Å². The van der Waals surface area contributed by atoms with Crippen molar-refractivity contribution in [3.63, 3.8) is 0 Å². The first-order chi connectivity index (χ1) is 19.9. The van der Waals surface area contributed by atoms with E-state index in [-0.39, 0.29) is 35.1 Å². The zero-order valence-corrected chi connectivity index (χ0v) is 23.6. The Morgan fingerprint density at radius 1 is 1.12 bits per heavy atom. The summed E-state index contributed by atoms with van der Waals surface area (Å²) in [5.41, 5.74) is 1.74. The third-order valence-corrected chi connectivity index (χ3v) is 9.03. The first-order valence-corrected chi connectivity index (χ1v) is 14.4. The average molecular weight is 558 g/mol. The van der Waals surface area contributed by atoms with E-state index >= 15 is 0 Å². The molecule has 41 heavy (non-hydrogen) atoms. The molecule has 1 aliphatic carbocycles. The molecular weight excluding hydrogens is 518 g/mol. The van der Waals surface area contributed by atoms with Crippen molar-refractivity contribution in [3.05, 3.63) is 65.7 Å². The lowest BCUT2D eigenvalue weighted by Crippen LogP contribution is -2.58. The summed E-state index contributed by atoms with van der Waals surface area (Å²) in [7, 11) is 1.63. The number of nitrogens with zero attached hydrogens (tertiary/aromatic N) is 3. The molecular formula is C32H39N5O4. The normalized spacial score (nSPS) is 27.0. The highest BCUT2D eigenvalue weighted by molar-refractivity contribution is 5.95. The number of aliphatic imine (C=N–C) groups is 2. The van der Waals surface area contributed by atoms with Gasteiger partial charge in [-0.1, -0.05) is 42.5 Å². The first kappa shape index (κ1) is 28.5. The standard InChI is InChI=1S/C32H39N5O4/c1-33-20-23-18-24-19-32(24)15-13-27(30(39)35-16-14-21-9-11-25(41-3)12-10-21)37(32)31(40)28(23)36-29(38)26(34-2)17-22-7-5-4-6-8-22/h4-12,23-24,26-28H,1-2,13-20H2,3H3,(H,35,39)(H,36,38)/t23-,24+,26-,27+,28+,32?/m1/s1. The number of amides is 3. The van der Waals surface area contributed by atoms with Gasteiger partial charge < -0.3 is 25.3 Å². The van der Waals surface area contributed by atoms with Crippen molar-refractivity contribution in [2.75, 3.05) is 20.2 Å². The molecule has 2 heterocycles. The minimum Gasteiger partial charge on any atom is -0.497 e. The van der Waals surface area contributed by atoms with Gasteiger partial charge in [0.1, 0.15) is 23.9 Å². The molecule has 3 fully saturated rings. The summed E-state index contributed by atoms with van der Waals surface area (Å²) in [6.07, 6.45) is 4.10. The van der Waals surface area contributed by atoms with Crippen LogP contribution in [0.5, 0.6) is 5.75 Å². The van der Waals surface area contributed by atoms with Gasteiger partial charge in [0, 0.05) is 31.0 Å². The van der Waals surface area contributed by atoms with Gasteiger partial charge in [0.05, 0.1) is 7.11 Å². The fourth-order valence-corrected chi connectivity index (χ4v) is 6.79. The number of carbonyl (C=O) groups is 3. The molecule has 0 radical (unpaired) electrons. The zero-order valence-electron chi connectivity index (χ0n) is 23.6. The van der Waals surface area contributed by atoms with Gasteiger partial charge in [0.15, 0.2) is 0 Å². The van der Waals surface area contributed by atoms with Crippen molar-refractivity contribution in [1.82, 2.24) is 15.5 Å². The SMILES string of the molecule is C=NC[C@H]1C[C@H]2CC23CC[C@@H](C(=O)NCCc2ccc(OC)cc2)N3C(=O)[C@H]1NC(=O)[C@@H](Cc1ccccc1)N=C. The van der Waals surface area contributed by atoms with Crippen molar-refractivity contribution < 1.29 is 19.1 Å². The van der Waals surface area contributed by atoms with Crippen molar-refractivity contribution >= 4 is 31.2 Å². The molecule has 1 unspecified atom stereocenters. The highest BCUT2D eigenvalue weighted by atomic mass is 16.5. The summed E-state index contributed by atoms with van der Waals surface area (Å²) >= 11 is 0. The molecule has 6 atom stereocenters. The van der Waals surface area contributed by atoms with Gasteiger partial charge in [-0.3, -0.25) is 19.4 Å². The Morgan fingerprint density at radius 2 is 1.88 bits per heavy atom. The van der Waals surface area contributed by atoms with Crippen molar-refractivity contribution in [1.29, 1.82) is 0 Å². The summed E-state index contributed by atoms with van der Waals surface area (Å²) in [5, 5.41) is 6.06. The predicted octanol–water partition coefficient (Wildman–Crippen LogP) is 2.62. The van der Waals surface area contributed by atoms with Gasteiger partial charge in [-0.15, -0.1) is 0 Å². The molecule has 216 valence electrons. The van der Waals surface area contributed by atoms with E-state index in [1.54, 1.807) is 7.11 Å². The molecule has 9 nitrogen and oxygen atoms in total. The monoisotopic (exact) mass is 557 g/mol. The van der Waals surface area contributed by atoms with Crippen LogP contribution in [-0.2, 0) is 27.2 Å². The number of hydrogen-bond acceptors (Lipinski definition) is 6. The van der Waals surface area contributed by atoms with Crippen molar-refractivity contribution in [2.45, 2.75) is 62.2 Å². The second-order valence-electron chi connectivity index (χ2n) is 11.4. The lowest BCUT2D eigenvalue weighted by atomic mass is 9.92. The maximum Gasteiger partial charge on any atom is 0.246 e. The molecule has 2 aromatic carbocycles. The minimum absolute atomic E-state index is 0.144. The molecule has 0 bridgehead atoms. The highest BCUT2D eigenvalue weighted by Crippen LogP contribution is 2.61. The smallest absolute Gasteiger partial charge is 0.246 e. The summed E-state index contributed by atoms with van der Waals surface area (Å²) in [5.74, 6) is 0.182. The largest absolute Gasteiger partial charge is 0.497 e. The maximum absolute atomic E-state index is 14.2. The Balaban J connectivity index is 1.29. The van der Waals surface area contributed by atoms with Gasteiger partial charge in [-0.25, -0.2) is 0 Å². The van der Waals surface area contributed by atoms with Crippen LogP contribution < -0.4 is 15.4 Å². The molecule has 2 saturated heterocycles. The molecule has 3 aliphatic rings. The molecule has 2 aliphatic heterocycles. The van der Waals surface area contributed by atoms with Crippen LogP contribution in [0.15, 0.2) is 64.6 Å². The van der Waals surface area contributed by atoms with Crippen LogP contribution in [0.4, 0.5) is 0 Å². The summed E-state index contributed by atoms with van der Waals surface area (Å²) < 4.78 is 5.21. The fourth-order valence-electron chi connectivity index (χ4n) is 6.79. The number of hydrogen-bond donors (Lipinski definition) is 2. The van der Waals surface area contributed by atoms with Crippen LogP contribution in [0, 0.1) is 11.8 Å². The van der Waals surface area contributed by atoms with Crippen molar-refractivity contribution in [3.8, 4) is 5.75 Å². The number of benzene rings is 2. The Hall–Kier alpha value is -4.01. The molecule has 9 heteroatoms. The third-order valence-electron chi connectivity index (χ3n) is 9.03. The van der Waals surface area contributed by atoms with Crippen LogP contribution in [0.3, 0.4) is 0 Å². The van der Waals surface area contributed by atoms with E-state index in [9.17, 15) is 14.4 Å². The van der Waals surface area contributed by atoms with E-state index in [1.807, 2.05) is 59.5 Å². The van der Waals surface area contributed by atoms with Gasteiger partial charge in [-0.2, -0.15) is 0 Å². The topological polar surface area (TPSA) is 112 Å². The van der Waals surface area contributed by atoms with Gasteiger partial charge in [0.2, 0.25) is 17.7 Å². The van der Waals surface area contributed by atoms with Crippen LogP contribution in [0.2, 0.25) is 0 Å². The molecule has 5 rings (SSSR count). The Bertz CT molecular complexity index is 1280. The predicted molar refractivity (Wildman–Crippen MR) is 158 cm³/mol. The molecule has 0 aromatic heterocycles. The van der Waals surface area contributed by atoms with E-state index in [0.29, 0.717) is 32.4 Å². The summed E-state index contributed by atoms with van der Waals surface area (Å²) in [6.45, 7) is 8.13. The Morgan fingerprint density at radius 3 is 2.56 bits per heavy atom. The minimum atomic E-state index is -0.801. The highest BCUT2D eigenvalue weighted by Gasteiger charge is 2.68. The second kappa shape index (κ2) is 12.2. The number of ether oxygens (including phenoxy) is 1. The van der Waals surface area contributed by atoms with E-state index in [2.05, 4.69) is 34.1 Å². The third kappa shape index (κ3) is 5.89. The summed E-state index contributed by atoms with van der Waals surface area (Å²) in [4.78, 5) is 51.1. The number of carbonyl (C=O) groups excluding carboxylic acids is 3. The molecule has 2 aromatic rings. The molecule has 3 amide bonds. The first-order valence-electron chi connectivity index (χ1n) is 14.4. The average Bonchev–Trinajstić information content (AvgIpc) is 3.55. The van der Waals surface area contributed by atoms with Crippen LogP contribution in [0.1, 0.15) is 36.8 Å². The van der Waals surface area contributed by atoms with E-state index in [0.717, 1.165) is 36.1 Å². The van der Waals surface area contributed by atoms with Crippen molar-refractivity contribution in [2.24, 2.45) is 21.8 Å². The Kier molecular flexibility index (Phi) is 8.52. The molecule has 1 spiro atoms. The number of nitrogens with one attached hydrogen (secondary N) is 2. The fraction of sp³-hybridized carbons (Fsp3) is 0.469. The molecule has 2 N–H and O–H groups in total. The van der Waals surface area contributed by atoms with Gasteiger partial charge >= 0.3 is 0 Å². The summed E-state index contributed by atoms with van der Waals surface area (Å²) in [6, 6.07) is 15.3. The van der Waals surface area contributed by atoms with Crippen LogP contribution in [-0.4, -0.2) is 79.9 Å². The van der Waals surface area contributed by atoms with Crippen LogP contribution >= 0.6 is 0 Å². The van der Waals surface area contributed by atoms with Gasteiger partial charge in [0.25, 0.3) is 0 Å².